The number of nitrogens with one attached hydrogen (secondary N) is 2. The average molecular weight is 344 g/mol. The molecule has 0 unspecified atom stereocenters. The molecule has 0 aliphatic rings. The number of carboxylic acids is 1. The zero-order chi connectivity index (χ0) is 17.7. The summed E-state index contributed by atoms with van der Waals surface area (Å²) in [5.41, 5.74) is -0.0890. The SMILES string of the molecule is COCCCNS(=O)(=O)c1cc(C(=O)O)ccc1NC(C)(C)C. The van der Waals surface area contributed by atoms with Crippen molar-refractivity contribution in [2.24, 2.45) is 0 Å². The van der Waals surface area contributed by atoms with Crippen LogP contribution in [0.15, 0.2) is 23.1 Å². The predicted octanol–water partition coefficient (Wildman–Crippen LogP) is 1.91. The van der Waals surface area contributed by atoms with Crippen LogP contribution in [0.5, 0.6) is 0 Å². The van der Waals surface area contributed by atoms with E-state index in [-0.39, 0.29) is 22.5 Å². The van der Waals surface area contributed by atoms with Crippen LogP contribution < -0.4 is 10.0 Å². The molecule has 0 aliphatic heterocycles. The summed E-state index contributed by atoms with van der Waals surface area (Å²) in [6.45, 7) is 6.31. The second-order valence-electron chi connectivity index (χ2n) is 6.14. The molecule has 0 amide bonds. The van der Waals surface area contributed by atoms with Crippen LogP contribution in [0.3, 0.4) is 0 Å². The number of sulfonamides is 1. The van der Waals surface area contributed by atoms with Crippen molar-refractivity contribution in [2.75, 3.05) is 25.6 Å². The molecular formula is C15H24N2O5S. The number of benzene rings is 1. The van der Waals surface area contributed by atoms with Crippen LogP contribution >= 0.6 is 0 Å². The second-order valence-corrected chi connectivity index (χ2v) is 7.87. The van der Waals surface area contributed by atoms with Crippen LogP contribution in [0.25, 0.3) is 0 Å². The monoisotopic (exact) mass is 344 g/mol. The van der Waals surface area contributed by atoms with E-state index in [0.29, 0.717) is 18.7 Å². The smallest absolute Gasteiger partial charge is 0.335 e. The molecule has 1 aromatic carbocycles. The van der Waals surface area contributed by atoms with Gasteiger partial charge in [-0.05, 0) is 45.4 Å². The van der Waals surface area contributed by atoms with Gasteiger partial charge in [-0.2, -0.15) is 0 Å². The largest absolute Gasteiger partial charge is 0.478 e. The Labute approximate surface area is 137 Å². The lowest BCUT2D eigenvalue weighted by Crippen LogP contribution is -2.30. The van der Waals surface area contributed by atoms with Gasteiger partial charge >= 0.3 is 5.97 Å². The summed E-state index contributed by atoms with van der Waals surface area (Å²) in [5.74, 6) is -1.18. The number of carboxylic acid groups (broad SMARTS) is 1. The van der Waals surface area contributed by atoms with E-state index in [4.69, 9.17) is 9.84 Å². The van der Waals surface area contributed by atoms with Crippen LogP contribution in [-0.4, -0.2) is 45.3 Å². The highest BCUT2D eigenvalue weighted by Crippen LogP contribution is 2.25. The topological polar surface area (TPSA) is 105 Å². The van der Waals surface area contributed by atoms with E-state index in [1.54, 1.807) is 0 Å². The first kappa shape index (κ1) is 19.4. The molecule has 7 nitrogen and oxygen atoms in total. The average Bonchev–Trinajstić information content (AvgIpc) is 2.42. The van der Waals surface area contributed by atoms with Gasteiger partial charge in [0.1, 0.15) is 4.90 Å². The van der Waals surface area contributed by atoms with E-state index in [0.717, 1.165) is 6.07 Å². The number of methoxy groups -OCH3 is 1. The van der Waals surface area contributed by atoms with Crippen LogP contribution in [-0.2, 0) is 14.8 Å². The first-order valence-electron chi connectivity index (χ1n) is 7.21. The standard InChI is InChI=1S/C15H24N2O5S/c1-15(2,3)17-12-7-6-11(14(18)19)10-13(12)23(20,21)16-8-5-9-22-4/h6-7,10,16-17H,5,8-9H2,1-4H3,(H,18,19). The van der Waals surface area contributed by atoms with Crippen LogP contribution in [0.1, 0.15) is 37.6 Å². The molecule has 23 heavy (non-hydrogen) atoms. The third-order valence-corrected chi connectivity index (χ3v) is 4.35. The van der Waals surface area contributed by atoms with E-state index in [2.05, 4.69) is 10.0 Å². The molecule has 0 heterocycles. The summed E-state index contributed by atoms with van der Waals surface area (Å²) in [6.07, 6.45) is 0.524. The summed E-state index contributed by atoms with van der Waals surface area (Å²) in [6, 6.07) is 4.01. The highest BCUT2D eigenvalue weighted by molar-refractivity contribution is 7.89. The molecule has 0 aromatic heterocycles. The minimum atomic E-state index is -3.83. The van der Waals surface area contributed by atoms with Crippen molar-refractivity contribution in [1.29, 1.82) is 0 Å². The van der Waals surface area contributed by atoms with Gasteiger partial charge in [0.05, 0.1) is 11.3 Å². The van der Waals surface area contributed by atoms with Crippen molar-refractivity contribution in [3.05, 3.63) is 23.8 Å². The Balaban J connectivity index is 3.17. The third kappa shape index (κ3) is 6.17. The highest BCUT2D eigenvalue weighted by atomic mass is 32.2. The molecule has 0 fully saturated rings. The van der Waals surface area contributed by atoms with Gasteiger partial charge in [-0.15, -0.1) is 0 Å². The van der Waals surface area contributed by atoms with Crippen molar-refractivity contribution in [3.8, 4) is 0 Å². The summed E-state index contributed by atoms with van der Waals surface area (Å²) in [7, 11) is -2.29. The van der Waals surface area contributed by atoms with Crippen LogP contribution in [0.2, 0.25) is 0 Å². The molecule has 0 bridgehead atoms. The molecule has 130 valence electrons. The molecule has 8 heteroatoms. The zero-order valence-electron chi connectivity index (χ0n) is 13.8. The third-order valence-electron chi connectivity index (χ3n) is 2.85. The molecule has 1 rings (SSSR count). The number of carbonyl (C=O) groups is 1. The summed E-state index contributed by atoms with van der Waals surface area (Å²) >= 11 is 0. The maximum Gasteiger partial charge on any atom is 0.335 e. The Hall–Kier alpha value is -1.64. The summed E-state index contributed by atoms with van der Waals surface area (Å²) in [5, 5.41) is 12.2. The maximum atomic E-state index is 12.5. The molecule has 1 aromatic rings. The molecule has 0 saturated heterocycles. The predicted molar refractivity (Wildman–Crippen MR) is 88.5 cm³/mol. The number of aromatic carboxylic acids is 1. The number of rotatable bonds is 8. The van der Waals surface area contributed by atoms with Crippen LogP contribution in [0, 0.1) is 0 Å². The molecule has 0 spiro atoms. The maximum absolute atomic E-state index is 12.5. The highest BCUT2D eigenvalue weighted by Gasteiger charge is 2.22. The molecule has 0 aliphatic carbocycles. The van der Waals surface area contributed by atoms with Gasteiger partial charge in [0.25, 0.3) is 0 Å². The molecule has 0 radical (unpaired) electrons. The Kier molecular flexibility index (Phi) is 6.55. The van der Waals surface area contributed by atoms with Gasteiger partial charge in [0.2, 0.25) is 10.0 Å². The minimum Gasteiger partial charge on any atom is -0.478 e. The van der Waals surface area contributed by atoms with Crippen molar-refractivity contribution in [3.63, 3.8) is 0 Å². The lowest BCUT2D eigenvalue weighted by Gasteiger charge is -2.24. The molecular weight excluding hydrogens is 320 g/mol. The number of anilines is 1. The number of hydrogen-bond donors (Lipinski definition) is 3. The normalized spacial score (nSPS) is 12.2. The van der Waals surface area contributed by atoms with Gasteiger partial charge in [-0.25, -0.2) is 17.9 Å². The molecule has 3 N–H and O–H groups in total. The summed E-state index contributed by atoms with van der Waals surface area (Å²) in [4.78, 5) is 11.0. The Morgan fingerprint density at radius 2 is 1.96 bits per heavy atom. The first-order valence-corrected chi connectivity index (χ1v) is 8.69. The second kappa shape index (κ2) is 7.76. The number of ether oxygens (including phenoxy) is 1. The van der Waals surface area contributed by atoms with E-state index >= 15 is 0 Å². The zero-order valence-corrected chi connectivity index (χ0v) is 14.7. The van der Waals surface area contributed by atoms with E-state index in [1.165, 1.54) is 19.2 Å². The van der Waals surface area contributed by atoms with Gasteiger partial charge in [0.15, 0.2) is 0 Å². The van der Waals surface area contributed by atoms with Crippen molar-refractivity contribution in [1.82, 2.24) is 4.72 Å². The molecule has 0 saturated carbocycles. The van der Waals surface area contributed by atoms with Crippen molar-refractivity contribution < 1.29 is 23.1 Å². The quantitative estimate of drug-likeness (QED) is 0.622. The fraction of sp³-hybridized carbons (Fsp3) is 0.533. The van der Waals surface area contributed by atoms with Gasteiger partial charge in [-0.3, -0.25) is 0 Å². The first-order chi connectivity index (χ1) is 10.6. The number of hydrogen-bond acceptors (Lipinski definition) is 5. The van der Waals surface area contributed by atoms with Gasteiger partial charge in [-0.1, -0.05) is 0 Å². The van der Waals surface area contributed by atoms with E-state index in [1.807, 2.05) is 20.8 Å². The fourth-order valence-electron chi connectivity index (χ4n) is 1.89. The Morgan fingerprint density at radius 3 is 2.48 bits per heavy atom. The fourth-order valence-corrected chi connectivity index (χ4v) is 3.15. The Morgan fingerprint density at radius 1 is 1.30 bits per heavy atom. The molecule has 0 atom stereocenters. The van der Waals surface area contributed by atoms with Crippen molar-refractivity contribution >= 4 is 21.7 Å². The lowest BCUT2D eigenvalue weighted by atomic mass is 10.1. The van der Waals surface area contributed by atoms with E-state index in [9.17, 15) is 13.2 Å². The van der Waals surface area contributed by atoms with Crippen molar-refractivity contribution in [2.45, 2.75) is 37.6 Å². The van der Waals surface area contributed by atoms with E-state index < -0.39 is 16.0 Å². The van der Waals surface area contributed by atoms with Gasteiger partial charge < -0.3 is 15.2 Å². The summed E-state index contributed by atoms with van der Waals surface area (Å²) < 4.78 is 32.3. The van der Waals surface area contributed by atoms with Gasteiger partial charge in [0, 0.05) is 25.8 Å². The minimum absolute atomic E-state index is 0.0789. The lowest BCUT2D eigenvalue weighted by molar-refractivity contribution is 0.0696. The Bertz CT molecular complexity index is 650. The van der Waals surface area contributed by atoms with Crippen LogP contribution in [0.4, 0.5) is 5.69 Å².